The lowest BCUT2D eigenvalue weighted by Crippen LogP contribution is -2.69. The van der Waals surface area contributed by atoms with Crippen LogP contribution in [-0.4, -0.2) is 18.2 Å². The fourth-order valence-electron chi connectivity index (χ4n) is 3.16. The van der Waals surface area contributed by atoms with Crippen LogP contribution in [0.15, 0.2) is 30.3 Å². The van der Waals surface area contributed by atoms with Gasteiger partial charge in [-0.1, -0.05) is 30.3 Å². The molecule has 0 unspecified atom stereocenters. The van der Waals surface area contributed by atoms with Gasteiger partial charge in [-0.2, -0.15) is 0 Å². The summed E-state index contributed by atoms with van der Waals surface area (Å²) in [5, 5.41) is 0. The molecule has 3 rings (SSSR count). The van der Waals surface area contributed by atoms with Crippen molar-refractivity contribution >= 4 is 5.97 Å². The predicted molar refractivity (Wildman–Crippen MR) is 62.4 cm³/mol. The van der Waals surface area contributed by atoms with Gasteiger partial charge in [-0.3, -0.25) is 0 Å². The lowest BCUT2D eigenvalue weighted by atomic mass is 9.64. The molecule has 90 valence electrons. The van der Waals surface area contributed by atoms with Gasteiger partial charge in [-0.25, -0.2) is 4.79 Å². The topological polar surface area (TPSA) is 35.5 Å². The highest BCUT2D eigenvalue weighted by atomic mass is 16.6. The SMILES string of the molecule is CC1(C)O[C@@]2(c3ccccc3)C(=O)OCC[C@H]12. The van der Waals surface area contributed by atoms with Crippen LogP contribution < -0.4 is 0 Å². The van der Waals surface area contributed by atoms with Crippen molar-refractivity contribution in [1.82, 2.24) is 0 Å². The minimum Gasteiger partial charge on any atom is -0.463 e. The van der Waals surface area contributed by atoms with E-state index in [1.54, 1.807) is 0 Å². The number of benzene rings is 1. The molecule has 3 heteroatoms. The molecule has 0 spiro atoms. The summed E-state index contributed by atoms with van der Waals surface area (Å²) >= 11 is 0. The third-order valence-electron chi connectivity index (χ3n) is 3.90. The Bertz CT molecular complexity index is 452. The van der Waals surface area contributed by atoms with Crippen molar-refractivity contribution in [3.05, 3.63) is 35.9 Å². The standard InChI is InChI=1S/C14H16O3/c1-13(2)11-8-9-16-12(15)14(11,17-13)10-6-4-3-5-7-10/h3-7,11H,8-9H2,1-2H3/t11-,14-/m1/s1. The summed E-state index contributed by atoms with van der Waals surface area (Å²) in [6.07, 6.45) is 0.869. The van der Waals surface area contributed by atoms with Crippen LogP contribution in [0.3, 0.4) is 0 Å². The number of ether oxygens (including phenoxy) is 2. The van der Waals surface area contributed by atoms with Crippen molar-refractivity contribution in [3.63, 3.8) is 0 Å². The fraction of sp³-hybridized carbons (Fsp3) is 0.500. The molecular formula is C14H16O3. The first-order valence-electron chi connectivity index (χ1n) is 6.00. The van der Waals surface area contributed by atoms with Crippen molar-refractivity contribution in [2.45, 2.75) is 31.5 Å². The van der Waals surface area contributed by atoms with Crippen molar-refractivity contribution in [3.8, 4) is 0 Å². The van der Waals surface area contributed by atoms with Gasteiger partial charge in [0.05, 0.1) is 12.2 Å². The Balaban J connectivity index is 2.07. The van der Waals surface area contributed by atoms with Gasteiger partial charge >= 0.3 is 5.97 Å². The normalized spacial score (nSPS) is 34.5. The first-order chi connectivity index (χ1) is 8.07. The van der Waals surface area contributed by atoms with E-state index in [1.807, 2.05) is 44.2 Å². The quantitative estimate of drug-likeness (QED) is 0.697. The third kappa shape index (κ3) is 1.29. The van der Waals surface area contributed by atoms with Gasteiger partial charge in [0.25, 0.3) is 0 Å². The molecule has 0 aromatic heterocycles. The van der Waals surface area contributed by atoms with Crippen LogP contribution in [0.1, 0.15) is 25.8 Å². The van der Waals surface area contributed by atoms with Crippen LogP contribution in [0.4, 0.5) is 0 Å². The summed E-state index contributed by atoms with van der Waals surface area (Å²) in [5.41, 5.74) is -0.188. The minimum atomic E-state index is -0.858. The fourth-order valence-corrected chi connectivity index (χ4v) is 3.16. The summed E-state index contributed by atoms with van der Waals surface area (Å²) in [5.74, 6) is -0.0297. The molecule has 3 nitrogen and oxygen atoms in total. The summed E-state index contributed by atoms with van der Waals surface area (Å²) in [6, 6.07) is 9.67. The predicted octanol–water partition coefficient (Wildman–Crippen LogP) is 2.25. The van der Waals surface area contributed by atoms with E-state index in [4.69, 9.17) is 9.47 Å². The summed E-state index contributed by atoms with van der Waals surface area (Å²) in [4.78, 5) is 12.1. The highest BCUT2D eigenvalue weighted by molar-refractivity contribution is 5.84. The number of esters is 1. The van der Waals surface area contributed by atoms with Crippen molar-refractivity contribution in [2.24, 2.45) is 5.92 Å². The monoisotopic (exact) mass is 232 g/mol. The van der Waals surface area contributed by atoms with E-state index < -0.39 is 5.60 Å². The van der Waals surface area contributed by atoms with Gasteiger partial charge in [0.2, 0.25) is 0 Å². The van der Waals surface area contributed by atoms with Crippen molar-refractivity contribution in [1.29, 1.82) is 0 Å². The van der Waals surface area contributed by atoms with Crippen molar-refractivity contribution < 1.29 is 14.3 Å². The van der Waals surface area contributed by atoms with E-state index in [-0.39, 0.29) is 17.5 Å². The number of rotatable bonds is 1. The lowest BCUT2D eigenvalue weighted by molar-refractivity contribution is -0.327. The molecule has 0 saturated carbocycles. The van der Waals surface area contributed by atoms with Crippen LogP contribution in [0.5, 0.6) is 0 Å². The van der Waals surface area contributed by atoms with Crippen molar-refractivity contribution in [2.75, 3.05) is 6.61 Å². The summed E-state index contributed by atoms with van der Waals surface area (Å²) < 4.78 is 11.1. The molecule has 2 saturated heterocycles. The number of carbonyl (C=O) groups excluding carboxylic acids is 1. The zero-order valence-electron chi connectivity index (χ0n) is 10.1. The molecule has 0 bridgehead atoms. The smallest absolute Gasteiger partial charge is 0.343 e. The largest absolute Gasteiger partial charge is 0.463 e. The number of fused-ring (bicyclic) bond motifs is 1. The molecule has 0 radical (unpaired) electrons. The van der Waals surface area contributed by atoms with Gasteiger partial charge in [0, 0.05) is 5.92 Å². The van der Waals surface area contributed by atoms with Crippen LogP contribution in [0.25, 0.3) is 0 Å². The molecule has 2 aliphatic rings. The molecule has 0 N–H and O–H groups in total. The Hall–Kier alpha value is -1.35. The van der Waals surface area contributed by atoms with E-state index in [9.17, 15) is 4.79 Å². The maximum absolute atomic E-state index is 12.1. The van der Waals surface area contributed by atoms with Gasteiger partial charge in [0.15, 0.2) is 5.60 Å². The molecule has 0 amide bonds. The highest BCUT2D eigenvalue weighted by Crippen LogP contribution is 2.57. The average molecular weight is 232 g/mol. The molecule has 2 atom stereocenters. The number of cyclic esters (lactones) is 1. The molecule has 17 heavy (non-hydrogen) atoms. The highest BCUT2D eigenvalue weighted by Gasteiger charge is 2.67. The van der Waals surface area contributed by atoms with E-state index >= 15 is 0 Å². The molecule has 2 aliphatic heterocycles. The van der Waals surface area contributed by atoms with Crippen LogP contribution >= 0.6 is 0 Å². The lowest BCUT2D eigenvalue weighted by Gasteiger charge is -2.60. The molecule has 1 aromatic rings. The van der Waals surface area contributed by atoms with Gasteiger partial charge in [0.1, 0.15) is 0 Å². The average Bonchev–Trinajstić information content (AvgIpc) is 2.32. The maximum Gasteiger partial charge on any atom is 0.343 e. The zero-order chi connectivity index (χ0) is 12.1. The number of carbonyl (C=O) groups is 1. The molecule has 0 aliphatic carbocycles. The second kappa shape index (κ2) is 3.33. The summed E-state index contributed by atoms with van der Waals surface area (Å²) in [7, 11) is 0. The molecule has 1 aromatic carbocycles. The number of hydrogen-bond acceptors (Lipinski definition) is 3. The zero-order valence-corrected chi connectivity index (χ0v) is 10.1. The van der Waals surface area contributed by atoms with E-state index in [0.717, 1.165) is 12.0 Å². The van der Waals surface area contributed by atoms with Gasteiger partial charge in [-0.05, 0) is 25.8 Å². The third-order valence-corrected chi connectivity index (χ3v) is 3.90. The Kier molecular flexibility index (Phi) is 2.11. The number of hydrogen-bond donors (Lipinski definition) is 0. The van der Waals surface area contributed by atoms with E-state index in [0.29, 0.717) is 6.61 Å². The molecule has 2 heterocycles. The Morgan fingerprint density at radius 2 is 1.94 bits per heavy atom. The first-order valence-corrected chi connectivity index (χ1v) is 6.00. The van der Waals surface area contributed by atoms with Crippen LogP contribution in [0, 0.1) is 5.92 Å². The maximum atomic E-state index is 12.1. The second-order valence-electron chi connectivity index (χ2n) is 5.28. The Labute approximate surface area is 101 Å². The van der Waals surface area contributed by atoms with Gasteiger partial charge in [-0.15, -0.1) is 0 Å². The van der Waals surface area contributed by atoms with Gasteiger partial charge < -0.3 is 9.47 Å². The van der Waals surface area contributed by atoms with E-state index in [2.05, 4.69) is 0 Å². The molecule has 2 fully saturated rings. The molecular weight excluding hydrogens is 216 g/mol. The minimum absolute atomic E-state index is 0.207. The Morgan fingerprint density at radius 1 is 1.24 bits per heavy atom. The second-order valence-corrected chi connectivity index (χ2v) is 5.28. The van der Waals surface area contributed by atoms with E-state index in [1.165, 1.54) is 0 Å². The summed E-state index contributed by atoms with van der Waals surface area (Å²) in [6.45, 7) is 4.58. The van der Waals surface area contributed by atoms with Crippen LogP contribution in [0.2, 0.25) is 0 Å². The van der Waals surface area contributed by atoms with Crippen LogP contribution in [-0.2, 0) is 19.9 Å². The Morgan fingerprint density at radius 3 is 2.59 bits per heavy atom. The first kappa shape index (κ1) is 10.8.